The predicted octanol–water partition coefficient (Wildman–Crippen LogP) is 2.04. The van der Waals surface area contributed by atoms with Gasteiger partial charge in [0, 0.05) is 22.9 Å². The lowest BCUT2D eigenvalue weighted by molar-refractivity contribution is -0.115. The summed E-state index contributed by atoms with van der Waals surface area (Å²) in [5, 5.41) is 2.04. The van der Waals surface area contributed by atoms with Crippen LogP contribution in [-0.4, -0.2) is 5.78 Å². The van der Waals surface area contributed by atoms with Crippen molar-refractivity contribution in [3.05, 3.63) is 34.2 Å². The summed E-state index contributed by atoms with van der Waals surface area (Å²) in [7, 11) is 0. The van der Waals surface area contributed by atoms with Crippen molar-refractivity contribution in [1.29, 1.82) is 0 Å². The van der Waals surface area contributed by atoms with Crippen LogP contribution in [0.4, 0.5) is 0 Å². The van der Waals surface area contributed by atoms with Gasteiger partial charge in [0.1, 0.15) is 0 Å². The van der Waals surface area contributed by atoms with Gasteiger partial charge in [0.15, 0.2) is 5.78 Å². The Morgan fingerprint density at radius 2 is 2.31 bits per heavy atom. The molecule has 2 rings (SSSR count). The number of ketones is 1. The van der Waals surface area contributed by atoms with Gasteiger partial charge in [0.05, 0.1) is 0 Å². The second-order valence-electron chi connectivity index (χ2n) is 3.31. The third-order valence-electron chi connectivity index (χ3n) is 2.22. The smallest absolute Gasteiger partial charge is 0.158 e. The first-order valence-corrected chi connectivity index (χ1v) is 5.16. The number of rotatable bonds is 1. The number of allylic oxidation sites excluding steroid dienone is 2. The quantitative estimate of drug-likeness (QED) is 0.741. The van der Waals surface area contributed by atoms with Crippen LogP contribution in [0.2, 0.25) is 0 Å². The SMILES string of the molecule is NC1=CC(=O)C[C@H](c2cccs2)C1. The van der Waals surface area contributed by atoms with Crippen molar-refractivity contribution in [2.24, 2.45) is 5.73 Å². The number of hydrogen-bond donors (Lipinski definition) is 1. The minimum absolute atomic E-state index is 0.155. The van der Waals surface area contributed by atoms with Gasteiger partial charge in [-0.1, -0.05) is 6.07 Å². The van der Waals surface area contributed by atoms with E-state index in [0.29, 0.717) is 12.3 Å². The van der Waals surface area contributed by atoms with Crippen LogP contribution in [0.15, 0.2) is 29.3 Å². The Morgan fingerprint density at radius 3 is 2.92 bits per heavy atom. The molecule has 0 saturated heterocycles. The number of thiophene rings is 1. The molecule has 0 bridgehead atoms. The number of carbonyl (C=O) groups is 1. The van der Waals surface area contributed by atoms with Crippen LogP contribution in [-0.2, 0) is 4.79 Å². The van der Waals surface area contributed by atoms with Crippen LogP contribution in [0.25, 0.3) is 0 Å². The standard InChI is InChI=1S/C10H11NOS/c11-8-4-7(5-9(12)6-8)10-2-1-3-13-10/h1-3,6-7H,4-5,11H2/t7-/m1/s1. The molecule has 1 atom stereocenters. The average Bonchev–Trinajstić information content (AvgIpc) is 2.53. The summed E-state index contributed by atoms with van der Waals surface area (Å²) in [4.78, 5) is 12.5. The summed E-state index contributed by atoms with van der Waals surface area (Å²) in [6.45, 7) is 0. The van der Waals surface area contributed by atoms with Gasteiger partial charge in [-0.25, -0.2) is 0 Å². The molecule has 0 spiro atoms. The lowest BCUT2D eigenvalue weighted by Crippen LogP contribution is -2.15. The van der Waals surface area contributed by atoms with Crippen LogP contribution in [0.5, 0.6) is 0 Å². The zero-order chi connectivity index (χ0) is 9.26. The van der Waals surface area contributed by atoms with E-state index < -0.39 is 0 Å². The van der Waals surface area contributed by atoms with Gasteiger partial charge >= 0.3 is 0 Å². The highest BCUT2D eigenvalue weighted by Crippen LogP contribution is 2.32. The molecule has 0 radical (unpaired) electrons. The van der Waals surface area contributed by atoms with Crippen molar-refractivity contribution >= 4 is 17.1 Å². The third kappa shape index (κ3) is 1.80. The van der Waals surface area contributed by atoms with E-state index in [1.165, 1.54) is 4.88 Å². The van der Waals surface area contributed by atoms with E-state index in [2.05, 4.69) is 6.07 Å². The van der Waals surface area contributed by atoms with E-state index in [0.717, 1.165) is 12.1 Å². The van der Waals surface area contributed by atoms with E-state index in [4.69, 9.17) is 5.73 Å². The second-order valence-corrected chi connectivity index (χ2v) is 4.29. The predicted molar refractivity (Wildman–Crippen MR) is 53.6 cm³/mol. The fourth-order valence-electron chi connectivity index (χ4n) is 1.65. The van der Waals surface area contributed by atoms with Crippen LogP contribution in [0, 0.1) is 0 Å². The van der Waals surface area contributed by atoms with Crippen molar-refractivity contribution in [2.45, 2.75) is 18.8 Å². The van der Waals surface area contributed by atoms with Crippen molar-refractivity contribution in [3.8, 4) is 0 Å². The van der Waals surface area contributed by atoms with Crippen molar-refractivity contribution in [2.75, 3.05) is 0 Å². The first-order chi connectivity index (χ1) is 6.25. The lowest BCUT2D eigenvalue weighted by Gasteiger charge is -2.18. The van der Waals surface area contributed by atoms with E-state index in [-0.39, 0.29) is 5.78 Å². The van der Waals surface area contributed by atoms with Crippen molar-refractivity contribution in [3.63, 3.8) is 0 Å². The molecule has 0 fully saturated rings. The van der Waals surface area contributed by atoms with E-state index >= 15 is 0 Å². The molecule has 1 aliphatic carbocycles. The first-order valence-electron chi connectivity index (χ1n) is 4.28. The summed E-state index contributed by atoms with van der Waals surface area (Å²) in [6.07, 6.45) is 3.00. The average molecular weight is 193 g/mol. The number of nitrogens with two attached hydrogens (primary N) is 1. The van der Waals surface area contributed by atoms with Crippen LogP contribution in [0.1, 0.15) is 23.6 Å². The molecule has 2 nitrogen and oxygen atoms in total. The highest BCUT2D eigenvalue weighted by atomic mass is 32.1. The maximum absolute atomic E-state index is 11.2. The minimum Gasteiger partial charge on any atom is -0.402 e. The Hall–Kier alpha value is -1.09. The van der Waals surface area contributed by atoms with Gasteiger partial charge in [-0.2, -0.15) is 0 Å². The number of hydrogen-bond acceptors (Lipinski definition) is 3. The fourth-order valence-corrected chi connectivity index (χ4v) is 2.48. The fraction of sp³-hybridized carbons (Fsp3) is 0.300. The molecule has 0 unspecified atom stereocenters. The molecule has 1 heterocycles. The highest BCUT2D eigenvalue weighted by molar-refractivity contribution is 7.10. The van der Waals surface area contributed by atoms with Gasteiger partial charge in [-0.15, -0.1) is 11.3 Å². The van der Waals surface area contributed by atoms with Crippen molar-refractivity contribution < 1.29 is 4.79 Å². The molecule has 2 N–H and O–H groups in total. The molecular formula is C10H11NOS. The molecule has 68 valence electrons. The monoisotopic (exact) mass is 193 g/mol. The van der Waals surface area contributed by atoms with Crippen molar-refractivity contribution in [1.82, 2.24) is 0 Å². The Labute approximate surface area is 81.1 Å². The molecule has 0 saturated carbocycles. The molecule has 0 aromatic carbocycles. The summed E-state index contributed by atoms with van der Waals surface area (Å²) in [6, 6.07) is 4.08. The Bertz CT molecular complexity index is 340. The third-order valence-corrected chi connectivity index (χ3v) is 3.26. The first kappa shape index (κ1) is 8.51. The summed E-state index contributed by atoms with van der Waals surface area (Å²) >= 11 is 1.70. The molecule has 3 heteroatoms. The maximum Gasteiger partial charge on any atom is 0.158 e. The second kappa shape index (κ2) is 3.34. The largest absolute Gasteiger partial charge is 0.402 e. The maximum atomic E-state index is 11.2. The zero-order valence-electron chi connectivity index (χ0n) is 7.19. The Balaban J connectivity index is 2.20. The molecular weight excluding hydrogens is 182 g/mol. The highest BCUT2D eigenvalue weighted by Gasteiger charge is 2.21. The van der Waals surface area contributed by atoms with Gasteiger partial charge in [0.25, 0.3) is 0 Å². The van der Waals surface area contributed by atoms with Gasteiger partial charge in [-0.3, -0.25) is 4.79 Å². The molecule has 1 aromatic rings. The number of carbonyl (C=O) groups excluding carboxylic acids is 1. The van der Waals surface area contributed by atoms with Crippen LogP contribution >= 0.6 is 11.3 Å². The van der Waals surface area contributed by atoms with Gasteiger partial charge in [0.2, 0.25) is 0 Å². The molecule has 0 aliphatic heterocycles. The van der Waals surface area contributed by atoms with E-state index in [1.54, 1.807) is 17.4 Å². The summed E-state index contributed by atoms with van der Waals surface area (Å²) in [5.74, 6) is 0.472. The summed E-state index contributed by atoms with van der Waals surface area (Å²) < 4.78 is 0. The Kier molecular flexibility index (Phi) is 2.19. The van der Waals surface area contributed by atoms with Gasteiger partial charge < -0.3 is 5.73 Å². The van der Waals surface area contributed by atoms with Crippen LogP contribution < -0.4 is 5.73 Å². The summed E-state index contributed by atoms with van der Waals surface area (Å²) in [5.41, 5.74) is 6.38. The molecule has 0 amide bonds. The zero-order valence-corrected chi connectivity index (χ0v) is 8.01. The van der Waals surface area contributed by atoms with Gasteiger partial charge in [-0.05, 0) is 23.9 Å². The molecule has 1 aromatic heterocycles. The minimum atomic E-state index is 0.155. The topological polar surface area (TPSA) is 43.1 Å². The normalized spacial score (nSPS) is 22.9. The molecule has 13 heavy (non-hydrogen) atoms. The van der Waals surface area contributed by atoms with Crippen LogP contribution in [0.3, 0.4) is 0 Å². The van der Waals surface area contributed by atoms with E-state index in [9.17, 15) is 4.79 Å². The Morgan fingerprint density at radius 1 is 1.46 bits per heavy atom. The molecule has 1 aliphatic rings. The van der Waals surface area contributed by atoms with E-state index in [1.807, 2.05) is 11.4 Å². The lowest BCUT2D eigenvalue weighted by atomic mass is 9.90.